The first kappa shape index (κ1) is 11.3. The third kappa shape index (κ3) is 2.66. The monoisotopic (exact) mass is 238 g/mol. The summed E-state index contributed by atoms with van der Waals surface area (Å²) in [5.41, 5.74) is 8.68. The zero-order valence-electron chi connectivity index (χ0n) is 8.55. The third-order valence-electron chi connectivity index (χ3n) is 2.26. The number of anilines is 1. The van der Waals surface area contributed by atoms with Gasteiger partial charge < -0.3 is 5.73 Å². The number of rotatable bonds is 5. The summed E-state index contributed by atoms with van der Waals surface area (Å²) in [7, 11) is 0. The molecule has 0 saturated carbocycles. The number of aromatic nitrogens is 1. The van der Waals surface area contributed by atoms with Crippen molar-refractivity contribution in [1.82, 2.24) is 10.5 Å². The lowest BCUT2D eigenvalue weighted by molar-refractivity contribution is -0.00971. The van der Waals surface area contributed by atoms with Gasteiger partial charge in [0.25, 0.3) is 0 Å². The lowest BCUT2D eigenvalue weighted by Gasteiger charge is -2.13. The second-order valence-corrected chi connectivity index (χ2v) is 4.33. The summed E-state index contributed by atoms with van der Waals surface area (Å²) in [5.74, 6) is 0. The number of nitrogens with two attached hydrogens (primary N) is 1. The average Bonchev–Trinajstić information content (AvgIpc) is 2.91. The fraction of sp³-hybridized carbons (Fsp3) is 0.400. The van der Waals surface area contributed by atoms with E-state index in [4.69, 9.17) is 10.6 Å². The Balaban J connectivity index is 1.90. The third-order valence-corrected chi connectivity index (χ3v) is 2.95. The molecule has 6 heteroatoms. The molecule has 5 nitrogen and oxygen atoms in total. The molecule has 2 unspecified atom stereocenters. The Kier molecular flexibility index (Phi) is 3.66. The van der Waals surface area contributed by atoms with Crippen molar-refractivity contribution in [2.24, 2.45) is 0 Å². The first-order valence-electron chi connectivity index (χ1n) is 4.96. The molecular formula is C10H12N3O2S. The minimum absolute atomic E-state index is 0.0202. The van der Waals surface area contributed by atoms with Gasteiger partial charge in [0.1, 0.15) is 6.04 Å². The number of hydrogen-bond acceptors (Lipinski definition) is 6. The molecule has 1 heterocycles. The molecule has 2 atom stereocenters. The second kappa shape index (κ2) is 5.20. The minimum Gasteiger partial charge on any atom is -0.375 e. The van der Waals surface area contributed by atoms with Crippen LogP contribution in [0.5, 0.6) is 0 Å². The molecule has 1 aliphatic carbocycles. The summed E-state index contributed by atoms with van der Waals surface area (Å²) in [4.78, 5) is 20.1. The van der Waals surface area contributed by atoms with Crippen LogP contribution in [-0.2, 0) is 9.63 Å². The van der Waals surface area contributed by atoms with Crippen LogP contribution in [0.4, 0.5) is 5.13 Å². The van der Waals surface area contributed by atoms with Crippen molar-refractivity contribution in [2.75, 3.05) is 5.73 Å². The van der Waals surface area contributed by atoms with Gasteiger partial charge in [-0.15, -0.1) is 11.3 Å². The number of hydrogen-bond donors (Lipinski definition) is 2. The van der Waals surface area contributed by atoms with E-state index in [0.29, 0.717) is 10.8 Å². The van der Waals surface area contributed by atoms with E-state index < -0.39 is 6.04 Å². The number of thiazole rings is 1. The molecule has 2 rings (SSSR count). The Bertz CT molecular complexity index is 391. The lowest BCUT2D eigenvalue weighted by Crippen LogP contribution is -2.27. The van der Waals surface area contributed by atoms with Gasteiger partial charge in [-0.2, -0.15) is 5.48 Å². The molecule has 1 radical (unpaired) electrons. The quantitative estimate of drug-likeness (QED) is 0.593. The zero-order chi connectivity index (χ0) is 11.4. The highest BCUT2D eigenvalue weighted by Gasteiger charge is 2.17. The molecule has 1 aromatic heterocycles. The van der Waals surface area contributed by atoms with E-state index in [0.717, 1.165) is 12.8 Å². The van der Waals surface area contributed by atoms with E-state index in [-0.39, 0.29) is 6.10 Å². The van der Waals surface area contributed by atoms with Gasteiger partial charge in [-0.05, 0) is 12.8 Å². The maximum absolute atomic E-state index is 10.8. The first-order valence-corrected chi connectivity index (χ1v) is 5.84. The van der Waals surface area contributed by atoms with Crippen molar-refractivity contribution in [3.63, 3.8) is 0 Å². The Morgan fingerprint density at radius 2 is 2.62 bits per heavy atom. The van der Waals surface area contributed by atoms with Gasteiger partial charge in [0.2, 0.25) is 6.29 Å². The van der Waals surface area contributed by atoms with Crippen LogP contribution >= 0.6 is 11.3 Å². The molecule has 3 N–H and O–H groups in total. The molecule has 0 amide bonds. The molecule has 0 bridgehead atoms. The fourth-order valence-corrected chi connectivity index (χ4v) is 2.02. The van der Waals surface area contributed by atoms with Gasteiger partial charge in [0.15, 0.2) is 5.13 Å². The van der Waals surface area contributed by atoms with E-state index in [1.807, 2.05) is 18.4 Å². The molecule has 1 aliphatic rings. The Labute approximate surface area is 97.3 Å². The van der Waals surface area contributed by atoms with Crippen LogP contribution in [0.3, 0.4) is 0 Å². The van der Waals surface area contributed by atoms with Crippen LogP contribution in [0, 0.1) is 0 Å². The average molecular weight is 238 g/mol. The van der Waals surface area contributed by atoms with Crippen molar-refractivity contribution in [3.8, 4) is 0 Å². The number of nitrogen functional groups attached to an aromatic ring is 1. The number of nitrogens with zero attached hydrogens (tertiary/aromatic N) is 1. The molecule has 0 fully saturated rings. The van der Waals surface area contributed by atoms with Crippen LogP contribution in [-0.4, -0.2) is 17.4 Å². The van der Waals surface area contributed by atoms with Gasteiger partial charge >= 0.3 is 0 Å². The van der Waals surface area contributed by atoms with E-state index in [2.05, 4.69) is 10.5 Å². The van der Waals surface area contributed by atoms with Gasteiger partial charge in [0, 0.05) is 5.38 Å². The maximum atomic E-state index is 10.8. The molecule has 0 aromatic carbocycles. The van der Waals surface area contributed by atoms with Gasteiger partial charge in [-0.1, -0.05) is 12.2 Å². The molecule has 0 spiro atoms. The van der Waals surface area contributed by atoms with Crippen LogP contribution in [0.25, 0.3) is 0 Å². The zero-order valence-corrected chi connectivity index (χ0v) is 9.37. The molecule has 0 aliphatic heterocycles. The number of allylic oxidation sites excluding steroid dienone is 1. The molecular weight excluding hydrogens is 226 g/mol. The smallest absolute Gasteiger partial charge is 0.225 e. The summed E-state index contributed by atoms with van der Waals surface area (Å²) < 4.78 is 0. The highest BCUT2D eigenvalue weighted by atomic mass is 32.1. The predicted molar refractivity (Wildman–Crippen MR) is 61.3 cm³/mol. The number of carbonyl (C=O) groups excluding carboxylic acids is 1. The summed E-state index contributed by atoms with van der Waals surface area (Å²) >= 11 is 1.28. The van der Waals surface area contributed by atoms with E-state index in [1.165, 1.54) is 11.3 Å². The lowest BCUT2D eigenvalue weighted by atomic mass is 10.3. The van der Waals surface area contributed by atoms with Crippen molar-refractivity contribution in [3.05, 3.63) is 23.2 Å². The number of nitrogens with one attached hydrogen (secondary N) is 1. The topological polar surface area (TPSA) is 77.2 Å². The second-order valence-electron chi connectivity index (χ2n) is 3.44. The van der Waals surface area contributed by atoms with Gasteiger partial charge in [-0.3, -0.25) is 9.63 Å². The van der Waals surface area contributed by atoms with Crippen LogP contribution < -0.4 is 11.2 Å². The minimum atomic E-state index is -0.678. The van der Waals surface area contributed by atoms with Crippen molar-refractivity contribution in [2.45, 2.75) is 25.0 Å². The van der Waals surface area contributed by atoms with Crippen molar-refractivity contribution in [1.29, 1.82) is 0 Å². The van der Waals surface area contributed by atoms with Gasteiger partial charge in [-0.25, -0.2) is 4.98 Å². The molecule has 1 aromatic rings. The van der Waals surface area contributed by atoms with E-state index >= 15 is 0 Å². The molecule has 0 saturated heterocycles. The Hall–Kier alpha value is -1.24. The summed E-state index contributed by atoms with van der Waals surface area (Å²) in [6.45, 7) is 0. The van der Waals surface area contributed by atoms with Crippen LogP contribution in [0.15, 0.2) is 17.5 Å². The maximum Gasteiger partial charge on any atom is 0.225 e. The predicted octanol–water partition coefficient (Wildman–Crippen LogP) is 1.12. The van der Waals surface area contributed by atoms with Gasteiger partial charge in [0.05, 0.1) is 11.8 Å². The highest BCUT2D eigenvalue weighted by molar-refractivity contribution is 7.13. The summed E-state index contributed by atoms with van der Waals surface area (Å²) in [6.07, 6.45) is 7.80. The molecule has 85 valence electrons. The van der Waals surface area contributed by atoms with E-state index in [1.54, 1.807) is 5.38 Å². The van der Waals surface area contributed by atoms with Crippen LogP contribution in [0.2, 0.25) is 0 Å². The standard InChI is InChI=1S/C10H12N3O2S/c11-10-12-9(6-16-10)8(5-14)13-15-7-3-1-2-4-7/h1,3,6-8,13H,2,4H2,(H2,11,12). The van der Waals surface area contributed by atoms with E-state index in [9.17, 15) is 4.79 Å². The van der Waals surface area contributed by atoms with Crippen LogP contribution in [0.1, 0.15) is 24.6 Å². The number of hydroxylamine groups is 1. The normalized spacial score (nSPS) is 21.1. The fourth-order valence-electron chi connectivity index (χ4n) is 1.44. The SMILES string of the molecule is Nc1nc(C([C]=O)NOC2C=CCC2)cs1. The summed E-state index contributed by atoms with van der Waals surface area (Å²) in [5, 5.41) is 2.14. The Morgan fingerprint density at radius 3 is 3.19 bits per heavy atom. The largest absolute Gasteiger partial charge is 0.375 e. The van der Waals surface area contributed by atoms with Crippen molar-refractivity contribution >= 4 is 22.8 Å². The highest BCUT2D eigenvalue weighted by Crippen LogP contribution is 2.18. The first-order chi connectivity index (χ1) is 7.79. The summed E-state index contributed by atoms with van der Waals surface area (Å²) in [6, 6.07) is -0.678. The molecule has 16 heavy (non-hydrogen) atoms. The van der Waals surface area contributed by atoms with Crippen molar-refractivity contribution < 1.29 is 9.63 Å². The Morgan fingerprint density at radius 1 is 1.75 bits per heavy atom.